The predicted octanol–water partition coefficient (Wildman–Crippen LogP) is 2.02. The Morgan fingerprint density at radius 2 is 2.26 bits per heavy atom. The van der Waals surface area contributed by atoms with Gasteiger partial charge in [-0.1, -0.05) is 6.42 Å². The molecule has 0 saturated carbocycles. The van der Waals surface area contributed by atoms with Gasteiger partial charge < -0.3 is 10.2 Å². The van der Waals surface area contributed by atoms with Crippen LogP contribution in [-0.2, 0) is 0 Å². The van der Waals surface area contributed by atoms with Gasteiger partial charge in [0.2, 0.25) is 0 Å². The molecular weight excluding hydrogens is 238 g/mol. The molecule has 0 aromatic carbocycles. The predicted molar refractivity (Wildman–Crippen MR) is 74.7 cm³/mol. The number of hydrogen-bond donors (Lipinski definition) is 1. The van der Waals surface area contributed by atoms with Gasteiger partial charge >= 0.3 is 0 Å². The van der Waals surface area contributed by atoms with Crippen molar-refractivity contribution in [3.8, 4) is 6.07 Å². The molecule has 0 spiro atoms. The molecule has 1 aliphatic rings. The number of aromatic nitrogens is 2. The molecular formula is C14H21N5. The lowest BCUT2D eigenvalue weighted by Crippen LogP contribution is -2.38. The Bertz CT molecular complexity index is 440. The first-order chi connectivity index (χ1) is 9.31. The molecule has 2 rings (SSSR count). The van der Waals surface area contributed by atoms with Crippen molar-refractivity contribution in [1.82, 2.24) is 14.9 Å². The van der Waals surface area contributed by atoms with E-state index in [1.165, 1.54) is 25.8 Å². The number of likely N-dealkylation sites (tertiary alicyclic amines) is 1. The topological polar surface area (TPSA) is 64.8 Å². The zero-order chi connectivity index (χ0) is 13.5. The summed E-state index contributed by atoms with van der Waals surface area (Å²) in [5.74, 6) is 0.594. The number of piperidine rings is 1. The van der Waals surface area contributed by atoms with Gasteiger partial charge in [-0.25, -0.2) is 9.97 Å². The molecule has 1 aromatic heterocycles. The summed E-state index contributed by atoms with van der Waals surface area (Å²) in [6.07, 6.45) is 8.21. The highest BCUT2D eigenvalue weighted by Crippen LogP contribution is 2.16. The van der Waals surface area contributed by atoms with E-state index in [0.717, 1.165) is 19.5 Å². The van der Waals surface area contributed by atoms with E-state index in [1.807, 2.05) is 6.07 Å². The third-order valence-electron chi connectivity index (χ3n) is 3.66. The monoisotopic (exact) mass is 259 g/mol. The molecule has 1 aliphatic heterocycles. The average Bonchev–Trinajstić information content (AvgIpc) is 2.45. The quantitative estimate of drug-likeness (QED) is 0.820. The highest BCUT2D eigenvalue weighted by atomic mass is 15.2. The lowest BCUT2D eigenvalue weighted by molar-refractivity contribution is 0.160. The van der Waals surface area contributed by atoms with Crippen molar-refractivity contribution in [3.05, 3.63) is 18.1 Å². The first-order valence-corrected chi connectivity index (χ1v) is 7.00. The third kappa shape index (κ3) is 3.90. The molecule has 102 valence electrons. The summed E-state index contributed by atoms with van der Waals surface area (Å²) in [4.78, 5) is 10.7. The molecule has 1 N–H and O–H groups in total. The van der Waals surface area contributed by atoms with Gasteiger partial charge in [0.05, 0.1) is 0 Å². The fourth-order valence-electron chi connectivity index (χ4n) is 2.53. The van der Waals surface area contributed by atoms with Crippen LogP contribution in [0.1, 0.15) is 38.3 Å². The number of nitrogens with one attached hydrogen (secondary N) is 1. The number of nitriles is 1. The molecule has 0 bridgehead atoms. The van der Waals surface area contributed by atoms with E-state index < -0.39 is 0 Å². The summed E-state index contributed by atoms with van der Waals surface area (Å²) < 4.78 is 0. The van der Waals surface area contributed by atoms with E-state index in [2.05, 4.69) is 27.1 Å². The molecule has 5 nitrogen and oxygen atoms in total. The molecule has 0 amide bonds. The van der Waals surface area contributed by atoms with Crippen molar-refractivity contribution in [2.24, 2.45) is 0 Å². The van der Waals surface area contributed by atoms with Crippen molar-refractivity contribution < 1.29 is 0 Å². The van der Waals surface area contributed by atoms with E-state index in [0.29, 0.717) is 17.6 Å². The largest absolute Gasteiger partial charge is 0.368 e. The van der Waals surface area contributed by atoms with Crippen LogP contribution in [0.3, 0.4) is 0 Å². The fourth-order valence-corrected chi connectivity index (χ4v) is 2.53. The molecule has 0 radical (unpaired) electrons. The van der Waals surface area contributed by atoms with E-state index in [4.69, 9.17) is 5.26 Å². The van der Waals surface area contributed by atoms with Gasteiger partial charge in [0, 0.05) is 31.5 Å². The van der Waals surface area contributed by atoms with Gasteiger partial charge in [-0.3, -0.25) is 0 Å². The fraction of sp³-hybridized carbons (Fsp3) is 0.643. The Morgan fingerprint density at radius 1 is 1.42 bits per heavy atom. The molecule has 0 aliphatic carbocycles. The zero-order valence-corrected chi connectivity index (χ0v) is 11.5. The summed E-state index contributed by atoms with van der Waals surface area (Å²) in [5, 5.41) is 12.1. The molecule has 1 atom stereocenters. The summed E-state index contributed by atoms with van der Waals surface area (Å²) >= 11 is 0. The molecule has 1 unspecified atom stereocenters. The van der Waals surface area contributed by atoms with E-state index in [-0.39, 0.29) is 0 Å². The highest BCUT2D eigenvalue weighted by molar-refractivity contribution is 5.46. The van der Waals surface area contributed by atoms with Gasteiger partial charge in [-0.05, 0) is 32.7 Å². The number of hydrogen-bond acceptors (Lipinski definition) is 5. The molecule has 19 heavy (non-hydrogen) atoms. The third-order valence-corrected chi connectivity index (χ3v) is 3.66. The average molecular weight is 259 g/mol. The van der Waals surface area contributed by atoms with Crippen LogP contribution in [0.5, 0.6) is 0 Å². The van der Waals surface area contributed by atoms with Gasteiger partial charge in [0.25, 0.3) is 0 Å². The molecule has 1 fully saturated rings. The SMILES string of the molecule is CC1CCCCN1CCCNc1nccnc1C#N. The number of rotatable bonds is 5. The van der Waals surface area contributed by atoms with Crippen molar-refractivity contribution >= 4 is 5.82 Å². The normalized spacial score (nSPS) is 19.9. The van der Waals surface area contributed by atoms with E-state index in [9.17, 15) is 0 Å². The lowest BCUT2D eigenvalue weighted by Gasteiger charge is -2.33. The van der Waals surface area contributed by atoms with Crippen LogP contribution in [0.15, 0.2) is 12.4 Å². The number of nitrogens with zero attached hydrogens (tertiary/aromatic N) is 4. The second kappa shape index (κ2) is 7.05. The van der Waals surface area contributed by atoms with Gasteiger partial charge in [0.1, 0.15) is 6.07 Å². The van der Waals surface area contributed by atoms with E-state index in [1.54, 1.807) is 12.4 Å². The summed E-state index contributed by atoms with van der Waals surface area (Å²) in [6, 6.07) is 2.75. The Labute approximate surface area is 114 Å². The van der Waals surface area contributed by atoms with Crippen LogP contribution in [0.4, 0.5) is 5.82 Å². The Kier molecular flexibility index (Phi) is 5.10. The zero-order valence-electron chi connectivity index (χ0n) is 11.5. The van der Waals surface area contributed by atoms with Gasteiger partial charge in [0.15, 0.2) is 11.5 Å². The van der Waals surface area contributed by atoms with E-state index >= 15 is 0 Å². The molecule has 2 heterocycles. The second-order valence-corrected chi connectivity index (χ2v) is 5.03. The van der Waals surface area contributed by atoms with Crippen molar-refractivity contribution in [2.75, 3.05) is 25.0 Å². The maximum Gasteiger partial charge on any atom is 0.182 e. The van der Waals surface area contributed by atoms with Crippen molar-refractivity contribution in [2.45, 2.75) is 38.6 Å². The smallest absolute Gasteiger partial charge is 0.182 e. The first kappa shape index (κ1) is 13.8. The van der Waals surface area contributed by atoms with Crippen LogP contribution in [0, 0.1) is 11.3 Å². The van der Waals surface area contributed by atoms with Crippen LogP contribution in [0.25, 0.3) is 0 Å². The minimum Gasteiger partial charge on any atom is -0.368 e. The van der Waals surface area contributed by atoms with Crippen molar-refractivity contribution in [3.63, 3.8) is 0 Å². The van der Waals surface area contributed by atoms with Crippen LogP contribution in [0.2, 0.25) is 0 Å². The summed E-state index contributed by atoms with van der Waals surface area (Å²) in [5.41, 5.74) is 0.369. The second-order valence-electron chi connectivity index (χ2n) is 5.03. The summed E-state index contributed by atoms with van der Waals surface area (Å²) in [7, 11) is 0. The Hall–Kier alpha value is -1.67. The highest BCUT2D eigenvalue weighted by Gasteiger charge is 2.17. The maximum atomic E-state index is 8.91. The minimum atomic E-state index is 0.369. The minimum absolute atomic E-state index is 0.369. The van der Waals surface area contributed by atoms with Gasteiger partial charge in [-0.15, -0.1) is 0 Å². The lowest BCUT2D eigenvalue weighted by atomic mass is 10.0. The Balaban J connectivity index is 1.73. The maximum absolute atomic E-state index is 8.91. The standard InChI is InChI=1S/C14H21N5/c1-12-5-2-3-9-19(12)10-4-6-17-14-13(11-15)16-7-8-18-14/h7-8,12H,2-6,9-10H2,1H3,(H,17,18). The van der Waals surface area contributed by atoms with Crippen LogP contribution in [-0.4, -0.2) is 40.5 Å². The summed E-state index contributed by atoms with van der Waals surface area (Å²) in [6.45, 7) is 5.46. The van der Waals surface area contributed by atoms with Gasteiger partial charge in [-0.2, -0.15) is 5.26 Å². The van der Waals surface area contributed by atoms with Crippen LogP contribution >= 0.6 is 0 Å². The number of anilines is 1. The molecule has 1 aromatic rings. The Morgan fingerprint density at radius 3 is 3.05 bits per heavy atom. The van der Waals surface area contributed by atoms with Crippen LogP contribution < -0.4 is 5.32 Å². The first-order valence-electron chi connectivity index (χ1n) is 7.00. The molecule has 5 heteroatoms. The molecule has 1 saturated heterocycles. The van der Waals surface area contributed by atoms with Crippen molar-refractivity contribution in [1.29, 1.82) is 5.26 Å².